The van der Waals surface area contributed by atoms with Crippen LogP contribution in [0, 0.1) is 6.92 Å². The molecule has 32 heavy (non-hydrogen) atoms. The zero-order chi connectivity index (χ0) is 21.8. The molecule has 1 saturated heterocycles. The molecule has 10 heteroatoms. The molecule has 0 radical (unpaired) electrons. The van der Waals surface area contributed by atoms with Crippen LogP contribution < -0.4 is 4.90 Å². The SMILES string of the molecule is Cc1c(/C=C/CN2CCN(c3cccc(C(F)(F)F)c3)CC2)cnn1-c1ncccn1.Cl. The van der Waals surface area contributed by atoms with Crippen molar-refractivity contribution in [1.82, 2.24) is 24.6 Å². The zero-order valence-corrected chi connectivity index (χ0v) is 18.4. The van der Waals surface area contributed by atoms with Gasteiger partial charge in [0, 0.05) is 56.4 Å². The van der Waals surface area contributed by atoms with Crippen molar-refractivity contribution in [3.63, 3.8) is 0 Å². The van der Waals surface area contributed by atoms with Gasteiger partial charge in [-0.3, -0.25) is 4.90 Å². The van der Waals surface area contributed by atoms with Gasteiger partial charge in [-0.25, -0.2) is 14.6 Å². The molecule has 0 amide bonds. The predicted molar refractivity (Wildman–Crippen MR) is 120 cm³/mol. The molecular weight excluding hydrogens is 441 g/mol. The van der Waals surface area contributed by atoms with Gasteiger partial charge in [-0.05, 0) is 31.2 Å². The second kappa shape index (κ2) is 10.1. The predicted octanol–water partition coefficient (Wildman–Crippen LogP) is 4.25. The quantitative estimate of drug-likeness (QED) is 0.565. The van der Waals surface area contributed by atoms with Crippen molar-refractivity contribution in [2.75, 3.05) is 37.6 Å². The zero-order valence-electron chi connectivity index (χ0n) is 17.5. The van der Waals surface area contributed by atoms with Crippen LogP contribution in [0.5, 0.6) is 0 Å². The van der Waals surface area contributed by atoms with Gasteiger partial charge >= 0.3 is 6.18 Å². The van der Waals surface area contributed by atoms with Crippen LogP contribution in [0.3, 0.4) is 0 Å². The molecule has 1 aliphatic rings. The van der Waals surface area contributed by atoms with Crippen molar-refractivity contribution in [3.05, 3.63) is 71.8 Å². The molecule has 0 unspecified atom stereocenters. The van der Waals surface area contributed by atoms with E-state index in [1.54, 1.807) is 35.4 Å². The number of piperazine rings is 1. The number of hydrogen-bond donors (Lipinski definition) is 0. The Morgan fingerprint density at radius 3 is 2.44 bits per heavy atom. The molecule has 0 bridgehead atoms. The summed E-state index contributed by atoms with van der Waals surface area (Å²) in [7, 11) is 0. The van der Waals surface area contributed by atoms with Crippen LogP contribution in [0.2, 0.25) is 0 Å². The minimum absolute atomic E-state index is 0. The molecule has 0 aliphatic carbocycles. The Morgan fingerprint density at radius 2 is 1.75 bits per heavy atom. The second-order valence-electron chi connectivity index (χ2n) is 7.38. The number of aromatic nitrogens is 4. The van der Waals surface area contributed by atoms with Crippen molar-refractivity contribution >= 4 is 24.2 Å². The smallest absolute Gasteiger partial charge is 0.369 e. The first-order chi connectivity index (χ1) is 14.9. The second-order valence-corrected chi connectivity index (χ2v) is 7.38. The van der Waals surface area contributed by atoms with Gasteiger partial charge in [0.25, 0.3) is 5.95 Å². The van der Waals surface area contributed by atoms with Gasteiger partial charge in [-0.1, -0.05) is 18.2 Å². The number of halogens is 4. The first-order valence-electron chi connectivity index (χ1n) is 10.0. The highest BCUT2D eigenvalue weighted by atomic mass is 35.5. The Hall–Kier alpha value is -2.91. The molecule has 3 aromatic rings. The topological polar surface area (TPSA) is 50.1 Å². The van der Waals surface area contributed by atoms with E-state index in [1.165, 1.54) is 12.1 Å². The largest absolute Gasteiger partial charge is 0.416 e. The van der Waals surface area contributed by atoms with Gasteiger partial charge in [0.2, 0.25) is 0 Å². The molecule has 3 heterocycles. The summed E-state index contributed by atoms with van der Waals surface area (Å²) in [6.45, 7) is 5.70. The molecule has 0 saturated carbocycles. The van der Waals surface area contributed by atoms with E-state index in [-0.39, 0.29) is 12.4 Å². The highest BCUT2D eigenvalue weighted by Crippen LogP contribution is 2.31. The first kappa shape index (κ1) is 23.7. The minimum atomic E-state index is -4.32. The third-order valence-electron chi connectivity index (χ3n) is 5.36. The normalized spacial score (nSPS) is 15.2. The molecule has 1 aromatic carbocycles. The molecule has 4 rings (SSSR count). The van der Waals surface area contributed by atoms with Crippen LogP contribution in [0.4, 0.5) is 18.9 Å². The molecular formula is C22H24ClF3N6. The third-order valence-corrected chi connectivity index (χ3v) is 5.36. The first-order valence-corrected chi connectivity index (χ1v) is 10.0. The molecule has 1 aliphatic heterocycles. The van der Waals surface area contributed by atoms with Gasteiger partial charge in [0.05, 0.1) is 17.5 Å². The summed E-state index contributed by atoms with van der Waals surface area (Å²) in [5.41, 5.74) is 1.97. The monoisotopic (exact) mass is 464 g/mol. The summed E-state index contributed by atoms with van der Waals surface area (Å²) in [6.07, 6.45) is 4.94. The van der Waals surface area contributed by atoms with Crippen LogP contribution >= 0.6 is 12.4 Å². The highest BCUT2D eigenvalue weighted by Gasteiger charge is 2.31. The van der Waals surface area contributed by atoms with Gasteiger partial charge in [-0.15, -0.1) is 12.4 Å². The van der Waals surface area contributed by atoms with E-state index >= 15 is 0 Å². The summed E-state index contributed by atoms with van der Waals surface area (Å²) in [4.78, 5) is 12.7. The fraction of sp³-hybridized carbons (Fsp3) is 0.318. The Morgan fingerprint density at radius 1 is 1.03 bits per heavy atom. The van der Waals surface area contributed by atoms with E-state index in [4.69, 9.17) is 0 Å². The number of benzene rings is 1. The lowest BCUT2D eigenvalue weighted by Gasteiger charge is -2.35. The van der Waals surface area contributed by atoms with E-state index < -0.39 is 11.7 Å². The average molecular weight is 465 g/mol. The molecule has 2 aromatic heterocycles. The summed E-state index contributed by atoms with van der Waals surface area (Å²) in [5, 5.41) is 4.36. The Labute approximate surface area is 190 Å². The maximum atomic E-state index is 13.0. The van der Waals surface area contributed by atoms with Crippen molar-refractivity contribution in [3.8, 4) is 5.95 Å². The number of hydrogen-bond acceptors (Lipinski definition) is 5. The Kier molecular flexibility index (Phi) is 7.52. The van der Waals surface area contributed by atoms with E-state index in [0.29, 0.717) is 24.7 Å². The lowest BCUT2D eigenvalue weighted by atomic mass is 10.1. The van der Waals surface area contributed by atoms with Gasteiger partial charge in [-0.2, -0.15) is 18.3 Å². The maximum absolute atomic E-state index is 13.0. The number of rotatable bonds is 5. The molecule has 0 N–H and O–H groups in total. The van der Waals surface area contributed by atoms with E-state index in [1.807, 2.05) is 17.9 Å². The molecule has 0 spiro atoms. The Balaban J connectivity index is 0.00000289. The lowest BCUT2D eigenvalue weighted by Crippen LogP contribution is -2.46. The Bertz CT molecular complexity index is 1040. The summed E-state index contributed by atoms with van der Waals surface area (Å²) in [6, 6.07) is 7.30. The molecule has 170 valence electrons. The molecule has 6 nitrogen and oxygen atoms in total. The van der Waals surface area contributed by atoms with Gasteiger partial charge in [0.15, 0.2) is 0 Å². The fourth-order valence-electron chi connectivity index (χ4n) is 3.58. The fourth-order valence-corrected chi connectivity index (χ4v) is 3.58. The molecule has 1 fully saturated rings. The van der Waals surface area contributed by atoms with Crippen LogP contribution in [-0.2, 0) is 6.18 Å². The van der Waals surface area contributed by atoms with Crippen LogP contribution in [0.1, 0.15) is 16.8 Å². The van der Waals surface area contributed by atoms with Crippen molar-refractivity contribution in [1.29, 1.82) is 0 Å². The number of nitrogens with zero attached hydrogens (tertiary/aromatic N) is 6. The third kappa shape index (κ3) is 5.46. The van der Waals surface area contributed by atoms with Gasteiger partial charge < -0.3 is 4.90 Å². The standard InChI is InChI=1S/C22H23F3N6.ClH/c1-17-18(16-28-31(17)21-26-8-4-9-27-21)5-3-10-29-11-13-30(14-12-29)20-7-2-6-19(15-20)22(23,24)25;/h2-9,15-16H,10-14H2,1H3;1H/b5-3+;. The minimum Gasteiger partial charge on any atom is -0.369 e. The van der Waals surface area contributed by atoms with Crippen molar-refractivity contribution < 1.29 is 13.2 Å². The van der Waals surface area contributed by atoms with E-state index in [9.17, 15) is 13.2 Å². The van der Waals surface area contributed by atoms with Crippen LogP contribution in [0.15, 0.2) is 55.0 Å². The summed E-state index contributed by atoms with van der Waals surface area (Å²) < 4.78 is 40.6. The highest BCUT2D eigenvalue weighted by molar-refractivity contribution is 5.85. The van der Waals surface area contributed by atoms with Crippen molar-refractivity contribution in [2.24, 2.45) is 0 Å². The van der Waals surface area contributed by atoms with Gasteiger partial charge in [0.1, 0.15) is 0 Å². The summed E-state index contributed by atoms with van der Waals surface area (Å²) >= 11 is 0. The van der Waals surface area contributed by atoms with E-state index in [2.05, 4.69) is 26.0 Å². The van der Waals surface area contributed by atoms with E-state index in [0.717, 1.165) is 37.0 Å². The van der Waals surface area contributed by atoms with Crippen LogP contribution in [0.25, 0.3) is 12.0 Å². The number of alkyl halides is 3. The molecule has 0 atom stereocenters. The number of anilines is 1. The summed E-state index contributed by atoms with van der Waals surface area (Å²) in [5.74, 6) is 0.533. The maximum Gasteiger partial charge on any atom is 0.416 e. The van der Waals surface area contributed by atoms with Crippen LogP contribution in [-0.4, -0.2) is 57.4 Å². The average Bonchev–Trinajstić information content (AvgIpc) is 3.15. The van der Waals surface area contributed by atoms with Crippen molar-refractivity contribution in [2.45, 2.75) is 13.1 Å². The lowest BCUT2D eigenvalue weighted by molar-refractivity contribution is -0.137.